The van der Waals surface area contributed by atoms with Gasteiger partial charge in [0.05, 0.1) is 11.4 Å². The second kappa shape index (κ2) is 13.7. The van der Waals surface area contributed by atoms with Gasteiger partial charge < -0.3 is 0 Å². The van der Waals surface area contributed by atoms with E-state index in [1.165, 1.54) is 87.7 Å². The van der Waals surface area contributed by atoms with E-state index in [0.29, 0.717) is 0 Å². The van der Waals surface area contributed by atoms with Gasteiger partial charge in [-0.3, -0.25) is 0 Å². The molecule has 1 heterocycles. The molecule has 0 N–H and O–H groups in total. The van der Waals surface area contributed by atoms with Gasteiger partial charge in [0.15, 0.2) is 5.82 Å². The summed E-state index contributed by atoms with van der Waals surface area (Å²) < 4.78 is 0. The highest BCUT2D eigenvalue weighted by atomic mass is 14.9. The quantitative estimate of drug-likeness (QED) is 0.173. The molecule has 2 nitrogen and oxygen atoms in total. The molecule has 10 rings (SSSR count). The lowest BCUT2D eigenvalue weighted by atomic mass is 9.68. The number of nitrogens with zero attached hydrogens (tertiary/aromatic N) is 2. The first-order chi connectivity index (χ1) is 26.7. The lowest BCUT2D eigenvalue weighted by Crippen LogP contribution is -2.27. The monoisotopic (exact) mass is 694 g/mol. The SMILES string of the molecule is C1=CC(c2ccc(-c3nc(-c4ccccc4)cc(-c4ccccc4)n3)cc2-c2cccc(-c3ccc4c(c3)-c3ccccc3C43CCCCC3)c2)=CCC1. The molecule has 3 aliphatic carbocycles. The molecule has 0 unspecified atom stereocenters. The molecule has 260 valence electrons. The Morgan fingerprint density at radius 2 is 1.04 bits per heavy atom. The second-order valence-electron chi connectivity index (χ2n) is 15.1. The lowest BCUT2D eigenvalue weighted by molar-refractivity contribution is 0.353. The first-order valence-corrected chi connectivity index (χ1v) is 19.6. The third-order valence-electron chi connectivity index (χ3n) is 11.9. The highest BCUT2D eigenvalue weighted by molar-refractivity contribution is 5.90. The summed E-state index contributed by atoms with van der Waals surface area (Å²) in [7, 11) is 0. The molecule has 7 aromatic rings. The van der Waals surface area contributed by atoms with Gasteiger partial charge in [-0.1, -0.05) is 165 Å². The normalized spacial score (nSPS) is 15.4. The Kier molecular flexibility index (Phi) is 8.25. The Balaban J connectivity index is 1.10. The van der Waals surface area contributed by atoms with Gasteiger partial charge in [0.1, 0.15) is 0 Å². The Labute approximate surface area is 318 Å². The van der Waals surface area contributed by atoms with E-state index in [4.69, 9.17) is 9.97 Å². The molecule has 3 aliphatic rings. The third-order valence-corrected chi connectivity index (χ3v) is 11.9. The number of hydrogen-bond acceptors (Lipinski definition) is 2. The van der Waals surface area contributed by atoms with Crippen molar-refractivity contribution in [2.45, 2.75) is 50.4 Å². The van der Waals surface area contributed by atoms with E-state index in [0.717, 1.165) is 46.7 Å². The standard InChI is InChI=1S/C52H42N2/c1-5-16-36(17-6-1)43-28-26-42(51-53-49(37-18-7-2-8-19-37)35-50(54-51)38-20-9-3-10-21-38)34-45(43)41-23-15-22-39(32-41)40-27-29-48-46(33-40)44-24-11-12-25-47(44)52(48)30-13-4-14-31-52/h2-3,5,7-12,15-29,32-35H,1,4,6,13-14,30-31H2. The maximum atomic E-state index is 5.19. The molecule has 1 aromatic heterocycles. The number of rotatable bonds is 6. The summed E-state index contributed by atoms with van der Waals surface area (Å²) in [5.41, 5.74) is 18.4. The first kappa shape index (κ1) is 32.5. The van der Waals surface area contributed by atoms with Crippen LogP contribution in [0.5, 0.6) is 0 Å². The Hall–Kier alpha value is -6.12. The van der Waals surface area contributed by atoms with Crippen LogP contribution in [0.3, 0.4) is 0 Å². The molecular weight excluding hydrogens is 653 g/mol. The second-order valence-corrected chi connectivity index (χ2v) is 15.1. The van der Waals surface area contributed by atoms with E-state index in [2.05, 4.69) is 158 Å². The van der Waals surface area contributed by atoms with Crippen LogP contribution >= 0.6 is 0 Å². The van der Waals surface area contributed by atoms with Crippen LogP contribution in [0.1, 0.15) is 61.6 Å². The molecule has 54 heavy (non-hydrogen) atoms. The van der Waals surface area contributed by atoms with Gasteiger partial charge in [0.25, 0.3) is 0 Å². The fourth-order valence-electron chi connectivity index (χ4n) is 9.28. The van der Waals surface area contributed by atoms with E-state index >= 15 is 0 Å². The minimum Gasteiger partial charge on any atom is -0.228 e. The fraction of sp³-hybridized carbons (Fsp3) is 0.154. The topological polar surface area (TPSA) is 25.8 Å². The van der Waals surface area contributed by atoms with Gasteiger partial charge in [-0.2, -0.15) is 0 Å². The van der Waals surface area contributed by atoms with Crippen LogP contribution in [-0.4, -0.2) is 9.97 Å². The Morgan fingerprint density at radius 3 is 1.78 bits per heavy atom. The summed E-state index contributed by atoms with van der Waals surface area (Å²) in [6.07, 6.45) is 15.5. The van der Waals surface area contributed by atoms with Crippen LogP contribution in [0, 0.1) is 0 Å². The highest BCUT2D eigenvalue weighted by Crippen LogP contribution is 2.56. The van der Waals surface area contributed by atoms with Crippen molar-refractivity contribution in [3.8, 4) is 67.3 Å². The van der Waals surface area contributed by atoms with Gasteiger partial charge in [-0.15, -0.1) is 0 Å². The average Bonchev–Trinajstić information content (AvgIpc) is 3.52. The van der Waals surface area contributed by atoms with E-state index < -0.39 is 0 Å². The van der Waals surface area contributed by atoms with E-state index in [9.17, 15) is 0 Å². The van der Waals surface area contributed by atoms with Gasteiger partial charge in [0, 0.05) is 22.1 Å². The summed E-state index contributed by atoms with van der Waals surface area (Å²) in [5.74, 6) is 0.723. The van der Waals surface area contributed by atoms with E-state index in [1.807, 2.05) is 12.1 Å². The smallest absolute Gasteiger partial charge is 0.160 e. The molecule has 0 saturated heterocycles. The Bertz CT molecular complexity index is 2510. The maximum Gasteiger partial charge on any atom is 0.160 e. The van der Waals surface area contributed by atoms with Crippen molar-refractivity contribution in [3.63, 3.8) is 0 Å². The molecule has 0 radical (unpaired) electrons. The Morgan fingerprint density at radius 1 is 0.407 bits per heavy atom. The molecule has 0 atom stereocenters. The number of allylic oxidation sites excluding steroid dienone is 4. The molecule has 0 aliphatic heterocycles. The molecule has 1 spiro atoms. The van der Waals surface area contributed by atoms with Crippen molar-refractivity contribution in [2.24, 2.45) is 0 Å². The molecule has 0 amide bonds. The van der Waals surface area contributed by atoms with Gasteiger partial charge in [-0.25, -0.2) is 9.97 Å². The van der Waals surface area contributed by atoms with E-state index in [-0.39, 0.29) is 5.41 Å². The number of hydrogen-bond donors (Lipinski definition) is 0. The van der Waals surface area contributed by atoms with Gasteiger partial charge in [0.2, 0.25) is 0 Å². The molecule has 6 aromatic carbocycles. The summed E-state index contributed by atoms with van der Waals surface area (Å²) in [6.45, 7) is 0. The van der Waals surface area contributed by atoms with Crippen molar-refractivity contribution in [3.05, 3.63) is 187 Å². The van der Waals surface area contributed by atoms with Crippen LogP contribution in [0.2, 0.25) is 0 Å². The summed E-state index contributed by atoms with van der Waals surface area (Å²) in [4.78, 5) is 10.4. The van der Waals surface area contributed by atoms with Crippen molar-refractivity contribution in [1.29, 1.82) is 0 Å². The third kappa shape index (κ3) is 5.74. The van der Waals surface area contributed by atoms with Crippen molar-refractivity contribution < 1.29 is 0 Å². The maximum absolute atomic E-state index is 5.19. The van der Waals surface area contributed by atoms with Crippen LogP contribution < -0.4 is 0 Å². The zero-order chi connectivity index (χ0) is 35.9. The predicted octanol–water partition coefficient (Wildman–Crippen LogP) is 13.8. The molecule has 2 heteroatoms. The fourth-order valence-corrected chi connectivity index (χ4v) is 9.28. The summed E-state index contributed by atoms with van der Waals surface area (Å²) in [6, 6.07) is 55.3. The van der Waals surface area contributed by atoms with Crippen LogP contribution in [0.4, 0.5) is 0 Å². The predicted molar refractivity (Wildman–Crippen MR) is 225 cm³/mol. The first-order valence-electron chi connectivity index (χ1n) is 19.6. The van der Waals surface area contributed by atoms with Crippen molar-refractivity contribution in [2.75, 3.05) is 0 Å². The zero-order valence-corrected chi connectivity index (χ0v) is 30.5. The highest BCUT2D eigenvalue weighted by Gasteiger charge is 2.43. The number of aromatic nitrogens is 2. The van der Waals surface area contributed by atoms with Gasteiger partial charge >= 0.3 is 0 Å². The van der Waals surface area contributed by atoms with Crippen LogP contribution in [-0.2, 0) is 5.41 Å². The molecule has 0 bridgehead atoms. The minimum absolute atomic E-state index is 0.168. The molecule has 1 fully saturated rings. The minimum atomic E-state index is 0.168. The van der Waals surface area contributed by atoms with Crippen LogP contribution in [0.25, 0.3) is 72.9 Å². The zero-order valence-electron chi connectivity index (χ0n) is 30.5. The van der Waals surface area contributed by atoms with Crippen molar-refractivity contribution in [1.82, 2.24) is 9.97 Å². The van der Waals surface area contributed by atoms with E-state index in [1.54, 1.807) is 0 Å². The van der Waals surface area contributed by atoms with Crippen LogP contribution in [0.15, 0.2) is 170 Å². The summed E-state index contributed by atoms with van der Waals surface area (Å²) in [5, 5.41) is 0. The number of fused-ring (bicyclic) bond motifs is 5. The molecular formula is C52H42N2. The van der Waals surface area contributed by atoms with Gasteiger partial charge in [-0.05, 0) is 106 Å². The molecule has 1 saturated carbocycles. The number of benzene rings is 6. The van der Waals surface area contributed by atoms with Crippen molar-refractivity contribution >= 4 is 5.57 Å². The largest absolute Gasteiger partial charge is 0.228 e. The summed E-state index contributed by atoms with van der Waals surface area (Å²) >= 11 is 0. The lowest BCUT2D eigenvalue weighted by Gasteiger charge is -2.36. The average molecular weight is 695 g/mol.